The fraction of sp³-hybridized carbons (Fsp3) is 0.348. The van der Waals surface area contributed by atoms with Crippen molar-refractivity contribution in [3.05, 3.63) is 75.1 Å². The third-order valence-electron chi connectivity index (χ3n) is 5.36. The molecule has 1 fully saturated rings. The molecule has 0 radical (unpaired) electrons. The highest BCUT2D eigenvalue weighted by Crippen LogP contribution is 2.30. The number of ether oxygens (including phenoxy) is 2. The number of benzene rings is 2. The van der Waals surface area contributed by atoms with Crippen LogP contribution in [0.15, 0.2) is 51.7 Å². The molecule has 1 saturated heterocycles. The van der Waals surface area contributed by atoms with Crippen LogP contribution in [-0.2, 0) is 17.7 Å². The van der Waals surface area contributed by atoms with E-state index in [9.17, 15) is 4.79 Å². The van der Waals surface area contributed by atoms with Crippen LogP contribution >= 0.6 is 12.4 Å². The lowest BCUT2D eigenvalue weighted by Crippen LogP contribution is -2.35. The molecule has 0 bridgehead atoms. The summed E-state index contributed by atoms with van der Waals surface area (Å²) in [4.78, 5) is 15.4. The summed E-state index contributed by atoms with van der Waals surface area (Å²) in [5.41, 5.74) is 3.36. The SMILES string of the molecule is COc1ccc2c(=O)c(C)c(Cc3ccccc3)oc2c1CN1CCOCC1.Cl. The molecule has 1 aliphatic rings. The molecule has 6 heteroatoms. The van der Waals surface area contributed by atoms with Crippen molar-refractivity contribution in [3.63, 3.8) is 0 Å². The van der Waals surface area contributed by atoms with Crippen molar-refractivity contribution in [1.82, 2.24) is 4.90 Å². The lowest BCUT2D eigenvalue weighted by molar-refractivity contribution is 0.0339. The molecule has 29 heavy (non-hydrogen) atoms. The van der Waals surface area contributed by atoms with Crippen LogP contribution in [0.4, 0.5) is 0 Å². The number of morpholine rings is 1. The van der Waals surface area contributed by atoms with E-state index in [-0.39, 0.29) is 17.8 Å². The van der Waals surface area contributed by atoms with Crippen LogP contribution < -0.4 is 10.2 Å². The number of hydrogen-bond acceptors (Lipinski definition) is 5. The molecule has 0 spiro atoms. The van der Waals surface area contributed by atoms with Gasteiger partial charge in [0.25, 0.3) is 0 Å². The first-order valence-corrected chi connectivity index (χ1v) is 9.63. The van der Waals surface area contributed by atoms with E-state index < -0.39 is 0 Å². The molecule has 0 unspecified atom stereocenters. The largest absolute Gasteiger partial charge is 0.496 e. The van der Waals surface area contributed by atoms with E-state index in [4.69, 9.17) is 13.9 Å². The Balaban J connectivity index is 0.00000240. The van der Waals surface area contributed by atoms with E-state index in [1.54, 1.807) is 7.11 Å². The molecule has 2 aromatic carbocycles. The third kappa shape index (κ3) is 4.47. The molecular weight excluding hydrogens is 390 g/mol. The van der Waals surface area contributed by atoms with Crippen molar-refractivity contribution in [2.24, 2.45) is 0 Å². The highest BCUT2D eigenvalue weighted by Gasteiger charge is 2.20. The maximum Gasteiger partial charge on any atom is 0.195 e. The van der Waals surface area contributed by atoms with Crippen LogP contribution in [-0.4, -0.2) is 38.3 Å². The zero-order chi connectivity index (χ0) is 19.5. The summed E-state index contributed by atoms with van der Waals surface area (Å²) in [6.07, 6.45) is 0.589. The average Bonchev–Trinajstić information content (AvgIpc) is 2.74. The Morgan fingerprint density at radius 1 is 1.07 bits per heavy atom. The quantitative estimate of drug-likeness (QED) is 0.631. The van der Waals surface area contributed by atoms with Gasteiger partial charge in [0.15, 0.2) is 5.43 Å². The Kier molecular flexibility index (Phi) is 6.96. The minimum atomic E-state index is 0. The van der Waals surface area contributed by atoms with Crippen molar-refractivity contribution >= 4 is 23.4 Å². The number of fused-ring (bicyclic) bond motifs is 1. The van der Waals surface area contributed by atoms with Gasteiger partial charge in [0, 0.05) is 31.6 Å². The van der Waals surface area contributed by atoms with Gasteiger partial charge in [-0.2, -0.15) is 0 Å². The number of rotatable bonds is 5. The summed E-state index contributed by atoms with van der Waals surface area (Å²) in [5, 5.41) is 0.610. The van der Waals surface area contributed by atoms with E-state index in [0.717, 1.165) is 43.2 Å². The molecule has 4 rings (SSSR count). The molecule has 1 aromatic heterocycles. The highest BCUT2D eigenvalue weighted by atomic mass is 35.5. The van der Waals surface area contributed by atoms with Gasteiger partial charge < -0.3 is 13.9 Å². The van der Waals surface area contributed by atoms with Crippen LogP contribution in [0.25, 0.3) is 11.0 Å². The third-order valence-corrected chi connectivity index (χ3v) is 5.36. The van der Waals surface area contributed by atoms with Gasteiger partial charge >= 0.3 is 0 Å². The lowest BCUT2D eigenvalue weighted by Gasteiger charge is -2.27. The molecular formula is C23H26ClNO4. The summed E-state index contributed by atoms with van der Waals surface area (Å²) >= 11 is 0. The van der Waals surface area contributed by atoms with Gasteiger partial charge in [0.1, 0.15) is 17.1 Å². The standard InChI is InChI=1S/C23H25NO4.ClH/c1-16-21(14-17-6-4-3-5-7-17)28-23-18(22(16)25)8-9-20(26-2)19(23)15-24-10-12-27-13-11-24;/h3-9H,10-15H2,1-2H3;1H. The summed E-state index contributed by atoms with van der Waals surface area (Å²) in [6, 6.07) is 13.7. The highest BCUT2D eigenvalue weighted by molar-refractivity contribution is 5.85. The Bertz CT molecular complexity index is 1030. The van der Waals surface area contributed by atoms with Crippen molar-refractivity contribution in [2.75, 3.05) is 33.4 Å². The molecule has 1 aliphatic heterocycles. The van der Waals surface area contributed by atoms with Crippen LogP contribution in [0.5, 0.6) is 5.75 Å². The zero-order valence-corrected chi connectivity index (χ0v) is 17.6. The van der Waals surface area contributed by atoms with Gasteiger partial charge in [-0.1, -0.05) is 30.3 Å². The Morgan fingerprint density at radius 3 is 2.48 bits per heavy atom. The molecule has 0 atom stereocenters. The molecule has 154 valence electrons. The van der Waals surface area contributed by atoms with Crippen molar-refractivity contribution in [3.8, 4) is 5.75 Å². The molecule has 3 aromatic rings. The fourth-order valence-electron chi connectivity index (χ4n) is 3.71. The first-order chi connectivity index (χ1) is 13.7. The van der Waals surface area contributed by atoms with Crippen LogP contribution in [0.2, 0.25) is 0 Å². The molecule has 0 aliphatic carbocycles. The van der Waals surface area contributed by atoms with Gasteiger partial charge in [-0.05, 0) is 24.6 Å². The predicted octanol–water partition coefficient (Wildman–Crippen LogP) is 3.95. The maximum atomic E-state index is 13.0. The molecule has 0 amide bonds. The minimum absolute atomic E-state index is 0. The maximum absolute atomic E-state index is 13.0. The van der Waals surface area contributed by atoms with Gasteiger partial charge in [0.2, 0.25) is 0 Å². The lowest BCUT2D eigenvalue weighted by atomic mass is 10.0. The minimum Gasteiger partial charge on any atom is -0.496 e. The van der Waals surface area contributed by atoms with Crippen LogP contribution in [0, 0.1) is 6.92 Å². The normalized spacial score (nSPS) is 14.6. The fourth-order valence-corrected chi connectivity index (χ4v) is 3.71. The first-order valence-electron chi connectivity index (χ1n) is 9.63. The summed E-state index contributed by atoms with van der Waals surface area (Å²) < 4.78 is 17.4. The Morgan fingerprint density at radius 2 is 1.79 bits per heavy atom. The van der Waals surface area contributed by atoms with Crippen LogP contribution in [0.3, 0.4) is 0 Å². The van der Waals surface area contributed by atoms with Crippen molar-refractivity contribution in [1.29, 1.82) is 0 Å². The Hall–Kier alpha value is -2.34. The van der Waals surface area contributed by atoms with E-state index in [1.807, 2.05) is 49.4 Å². The van der Waals surface area contributed by atoms with Crippen molar-refractivity contribution in [2.45, 2.75) is 19.9 Å². The second-order valence-corrected chi connectivity index (χ2v) is 7.15. The van der Waals surface area contributed by atoms with Crippen molar-refractivity contribution < 1.29 is 13.9 Å². The van der Waals surface area contributed by atoms with Gasteiger partial charge in [-0.15, -0.1) is 12.4 Å². The summed E-state index contributed by atoms with van der Waals surface area (Å²) in [7, 11) is 1.65. The number of halogens is 1. The topological polar surface area (TPSA) is 51.9 Å². The molecule has 5 nitrogen and oxygen atoms in total. The first kappa shape index (κ1) is 21.4. The monoisotopic (exact) mass is 415 g/mol. The molecule has 0 N–H and O–H groups in total. The zero-order valence-electron chi connectivity index (χ0n) is 16.8. The predicted molar refractivity (Wildman–Crippen MR) is 116 cm³/mol. The second-order valence-electron chi connectivity index (χ2n) is 7.15. The second kappa shape index (κ2) is 9.44. The van der Waals surface area contributed by atoms with E-state index in [0.29, 0.717) is 35.3 Å². The van der Waals surface area contributed by atoms with E-state index >= 15 is 0 Å². The summed E-state index contributed by atoms with van der Waals surface area (Å²) in [5.74, 6) is 1.46. The Labute approximate surface area is 176 Å². The van der Waals surface area contributed by atoms with Crippen LogP contribution in [0.1, 0.15) is 22.5 Å². The number of methoxy groups -OCH3 is 1. The smallest absolute Gasteiger partial charge is 0.195 e. The van der Waals surface area contributed by atoms with Gasteiger partial charge in [0.05, 0.1) is 31.3 Å². The van der Waals surface area contributed by atoms with E-state index in [2.05, 4.69) is 4.90 Å². The average molecular weight is 416 g/mol. The van der Waals surface area contributed by atoms with Gasteiger partial charge in [-0.3, -0.25) is 9.69 Å². The van der Waals surface area contributed by atoms with E-state index in [1.165, 1.54) is 0 Å². The number of hydrogen-bond donors (Lipinski definition) is 0. The van der Waals surface area contributed by atoms with Gasteiger partial charge in [-0.25, -0.2) is 0 Å². The summed E-state index contributed by atoms with van der Waals surface area (Å²) in [6.45, 7) is 5.65. The molecule has 0 saturated carbocycles. The molecule has 2 heterocycles. The number of nitrogens with zero attached hydrogens (tertiary/aromatic N) is 1.